The Morgan fingerprint density at radius 2 is 2.29 bits per heavy atom. The van der Waals surface area contributed by atoms with E-state index in [9.17, 15) is 0 Å². The minimum absolute atomic E-state index is 0.139. The van der Waals surface area contributed by atoms with Crippen molar-refractivity contribution in [2.24, 2.45) is 0 Å². The minimum atomic E-state index is -0.139. The predicted octanol–water partition coefficient (Wildman–Crippen LogP) is 4.08. The zero-order chi connectivity index (χ0) is 15.0. The molecule has 2 heterocycles. The summed E-state index contributed by atoms with van der Waals surface area (Å²) < 4.78 is 13.4. The molecule has 0 N–H and O–H groups in total. The van der Waals surface area contributed by atoms with Crippen molar-refractivity contribution in [3.8, 4) is 5.75 Å². The van der Waals surface area contributed by atoms with Crippen molar-refractivity contribution in [3.05, 3.63) is 24.0 Å². The molecule has 114 valence electrons. The van der Waals surface area contributed by atoms with Crippen molar-refractivity contribution >= 4 is 22.6 Å². The van der Waals surface area contributed by atoms with Crippen LogP contribution in [0.4, 0.5) is 0 Å². The lowest BCUT2D eigenvalue weighted by atomic mass is 10.0. The second-order valence-corrected chi connectivity index (χ2v) is 6.30. The molecule has 1 aromatic heterocycles. The lowest BCUT2D eigenvalue weighted by molar-refractivity contribution is 0.00621. The summed E-state index contributed by atoms with van der Waals surface area (Å²) in [6, 6.07) is 6.41. The van der Waals surface area contributed by atoms with E-state index in [0.29, 0.717) is 6.04 Å². The van der Waals surface area contributed by atoms with Crippen LogP contribution in [0.1, 0.15) is 43.9 Å². The second-order valence-electron chi connectivity index (χ2n) is 5.64. The van der Waals surface area contributed by atoms with E-state index in [1.807, 2.05) is 19.1 Å². The van der Waals surface area contributed by atoms with Crippen LogP contribution in [-0.4, -0.2) is 29.4 Å². The lowest BCUT2D eigenvalue weighted by Gasteiger charge is -2.30. The minimum Gasteiger partial charge on any atom is -0.494 e. The highest BCUT2D eigenvalue weighted by atomic mass is 35.5. The van der Waals surface area contributed by atoms with Crippen LogP contribution in [0.25, 0.3) is 11.0 Å². The van der Waals surface area contributed by atoms with Crippen molar-refractivity contribution in [1.29, 1.82) is 0 Å². The van der Waals surface area contributed by atoms with Gasteiger partial charge in [-0.25, -0.2) is 4.98 Å². The maximum absolute atomic E-state index is 6.38. The molecule has 2 aromatic rings. The first-order valence-corrected chi connectivity index (χ1v) is 7.86. The van der Waals surface area contributed by atoms with Crippen molar-refractivity contribution in [2.75, 3.05) is 13.7 Å². The molecule has 0 saturated carbocycles. The molecule has 1 aliphatic heterocycles. The Hall–Kier alpha value is -1.26. The number of alkyl halides is 1. The fourth-order valence-corrected chi connectivity index (χ4v) is 3.30. The van der Waals surface area contributed by atoms with Crippen molar-refractivity contribution < 1.29 is 9.47 Å². The van der Waals surface area contributed by atoms with Gasteiger partial charge in [0.2, 0.25) is 0 Å². The molecule has 5 heteroatoms. The number of imidazole rings is 1. The van der Waals surface area contributed by atoms with E-state index >= 15 is 0 Å². The first-order valence-electron chi connectivity index (χ1n) is 7.42. The van der Waals surface area contributed by atoms with Gasteiger partial charge in [0.25, 0.3) is 0 Å². The summed E-state index contributed by atoms with van der Waals surface area (Å²) in [7, 11) is 1.67. The van der Waals surface area contributed by atoms with Gasteiger partial charge >= 0.3 is 0 Å². The number of benzene rings is 1. The van der Waals surface area contributed by atoms with Gasteiger partial charge in [0, 0.05) is 12.6 Å². The molecule has 21 heavy (non-hydrogen) atoms. The number of rotatable bonds is 3. The van der Waals surface area contributed by atoms with Crippen LogP contribution in [0, 0.1) is 0 Å². The first kappa shape index (κ1) is 14.7. The third-order valence-electron chi connectivity index (χ3n) is 4.11. The number of ether oxygens (including phenoxy) is 2. The molecule has 0 bridgehead atoms. The maximum atomic E-state index is 6.38. The molecule has 3 atom stereocenters. The zero-order valence-electron chi connectivity index (χ0n) is 12.7. The lowest BCUT2D eigenvalue weighted by Crippen LogP contribution is -2.26. The van der Waals surface area contributed by atoms with Gasteiger partial charge in [0.05, 0.1) is 24.1 Å². The quantitative estimate of drug-likeness (QED) is 0.801. The van der Waals surface area contributed by atoms with Gasteiger partial charge in [0.1, 0.15) is 17.1 Å². The molecule has 3 unspecified atom stereocenters. The van der Waals surface area contributed by atoms with Crippen LogP contribution >= 0.6 is 11.6 Å². The number of fused-ring (bicyclic) bond motifs is 1. The van der Waals surface area contributed by atoms with E-state index in [1.54, 1.807) is 7.11 Å². The molecule has 0 spiro atoms. The molecule has 4 nitrogen and oxygen atoms in total. The molecule has 3 rings (SSSR count). The molecular formula is C16H21ClN2O2. The van der Waals surface area contributed by atoms with Gasteiger partial charge in [-0.1, -0.05) is 6.07 Å². The fourth-order valence-electron chi connectivity index (χ4n) is 3.15. The Kier molecular flexibility index (Phi) is 4.09. The average Bonchev–Trinajstić information content (AvgIpc) is 2.86. The standard InChI is InChI=1S/C16H21ClN2O2/c1-10-9-12(7-8-21-10)19-13-5-4-6-14(20-3)15(13)18-16(19)11(2)17/h4-6,10-12H,7-9H2,1-3H3. The van der Waals surface area contributed by atoms with Crippen LogP contribution in [0.3, 0.4) is 0 Å². The van der Waals surface area contributed by atoms with E-state index in [-0.39, 0.29) is 11.5 Å². The van der Waals surface area contributed by atoms with Crippen LogP contribution in [0.2, 0.25) is 0 Å². The highest BCUT2D eigenvalue weighted by Crippen LogP contribution is 2.36. The smallest absolute Gasteiger partial charge is 0.146 e. The Bertz CT molecular complexity index is 638. The van der Waals surface area contributed by atoms with E-state index in [0.717, 1.165) is 42.1 Å². The van der Waals surface area contributed by atoms with Crippen LogP contribution < -0.4 is 4.74 Å². The number of hydrogen-bond acceptors (Lipinski definition) is 3. The molecule has 0 amide bonds. The summed E-state index contributed by atoms with van der Waals surface area (Å²) in [4.78, 5) is 4.75. The monoisotopic (exact) mass is 308 g/mol. The normalized spacial score (nSPS) is 24.2. The summed E-state index contributed by atoms with van der Waals surface area (Å²) in [5.41, 5.74) is 1.98. The zero-order valence-corrected chi connectivity index (χ0v) is 13.4. The number of para-hydroxylation sites is 1. The number of halogens is 1. The van der Waals surface area contributed by atoms with Gasteiger partial charge in [-0.15, -0.1) is 11.6 Å². The molecule has 0 aliphatic carbocycles. The molecule has 1 aliphatic rings. The third-order valence-corrected chi connectivity index (χ3v) is 4.30. The van der Waals surface area contributed by atoms with E-state index in [2.05, 4.69) is 17.6 Å². The molecule has 1 aromatic carbocycles. The number of hydrogen-bond donors (Lipinski definition) is 0. The summed E-state index contributed by atoms with van der Waals surface area (Å²) in [5, 5.41) is -0.139. The highest BCUT2D eigenvalue weighted by molar-refractivity contribution is 6.20. The van der Waals surface area contributed by atoms with E-state index < -0.39 is 0 Å². The van der Waals surface area contributed by atoms with Gasteiger partial charge < -0.3 is 14.0 Å². The van der Waals surface area contributed by atoms with Gasteiger partial charge in [-0.05, 0) is 38.8 Å². The van der Waals surface area contributed by atoms with Crippen molar-refractivity contribution in [3.63, 3.8) is 0 Å². The summed E-state index contributed by atoms with van der Waals surface area (Å²) in [6.45, 7) is 4.87. The third kappa shape index (κ3) is 2.62. The van der Waals surface area contributed by atoms with E-state index in [1.165, 1.54) is 0 Å². The molecule has 0 radical (unpaired) electrons. The van der Waals surface area contributed by atoms with Gasteiger partial charge in [0.15, 0.2) is 0 Å². The molecule has 1 saturated heterocycles. The highest BCUT2D eigenvalue weighted by Gasteiger charge is 2.27. The van der Waals surface area contributed by atoms with Crippen molar-refractivity contribution in [1.82, 2.24) is 9.55 Å². The summed E-state index contributed by atoms with van der Waals surface area (Å²) >= 11 is 6.38. The summed E-state index contributed by atoms with van der Waals surface area (Å²) in [6.07, 6.45) is 2.24. The molecular weight excluding hydrogens is 288 g/mol. The number of nitrogens with zero attached hydrogens (tertiary/aromatic N) is 2. The predicted molar refractivity (Wildman–Crippen MR) is 84.2 cm³/mol. The number of methoxy groups -OCH3 is 1. The SMILES string of the molecule is COc1cccc2c1nc(C(C)Cl)n2C1CCOC(C)C1. The topological polar surface area (TPSA) is 36.3 Å². The first-order chi connectivity index (χ1) is 10.1. The Morgan fingerprint density at radius 1 is 1.48 bits per heavy atom. The van der Waals surface area contributed by atoms with Gasteiger partial charge in [-0.2, -0.15) is 0 Å². The van der Waals surface area contributed by atoms with E-state index in [4.69, 9.17) is 26.1 Å². The summed E-state index contributed by atoms with van der Waals surface area (Å²) in [5.74, 6) is 1.71. The number of aromatic nitrogens is 2. The van der Waals surface area contributed by atoms with Crippen LogP contribution in [0.5, 0.6) is 5.75 Å². The van der Waals surface area contributed by atoms with Gasteiger partial charge in [-0.3, -0.25) is 0 Å². The Balaban J connectivity index is 2.16. The average molecular weight is 309 g/mol. The van der Waals surface area contributed by atoms with Crippen LogP contribution in [-0.2, 0) is 4.74 Å². The second kappa shape index (κ2) is 5.85. The maximum Gasteiger partial charge on any atom is 0.146 e. The Labute approximate surface area is 130 Å². The largest absolute Gasteiger partial charge is 0.494 e. The fraction of sp³-hybridized carbons (Fsp3) is 0.562. The van der Waals surface area contributed by atoms with Crippen molar-refractivity contribution in [2.45, 2.75) is 44.2 Å². The Morgan fingerprint density at radius 3 is 2.95 bits per heavy atom. The molecule has 1 fully saturated rings. The van der Waals surface area contributed by atoms with Crippen LogP contribution in [0.15, 0.2) is 18.2 Å².